The second kappa shape index (κ2) is 6.85. The monoisotopic (exact) mass is 304 g/mol. The third-order valence-corrected chi connectivity index (χ3v) is 3.01. The number of alkyl halides is 1. The Kier molecular flexibility index (Phi) is 4.90. The van der Waals surface area contributed by atoms with E-state index >= 15 is 0 Å². The molecule has 2 aromatic rings. The number of carbonyl (C=O) groups is 2. The number of amides is 1. The summed E-state index contributed by atoms with van der Waals surface area (Å²) in [5, 5.41) is 2.55. The number of rotatable bonds is 4. The zero-order chi connectivity index (χ0) is 15.2. The molecule has 0 unspecified atom stereocenters. The number of aromatic nitrogens is 1. The van der Waals surface area contributed by atoms with Crippen molar-refractivity contribution >= 4 is 29.2 Å². The van der Waals surface area contributed by atoms with E-state index < -0.39 is 11.9 Å². The van der Waals surface area contributed by atoms with Gasteiger partial charge in [0.2, 0.25) is 5.91 Å². The Labute approximate surface area is 126 Å². The van der Waals surface area contributed by atoms with Gasteiger partial charge in [0.25, 0.3) is 0 Å². The van der Waals surface area contributed by atoms with E-state index in [1.807, 2.05) is 30.3 Å². The van der Waals surface area contributed by atoms with Crippen molar-refractivity contribution < 1.29 is 14.3 Å². The minimum Gasteiger partial charge on any atom is -0.464 e. The predicted molar refractivity (Wildman–Crippen MR) is 80.4 cm³/mol. The minimum atomic E-state index is -0.625. The number of esters is 1. The molecule has 0 fully saturated rings. The summed E-state index contributed by atoms with van der Waals surface area (Å²) in [5.41, 5.74) is 2.00. The van der Waals surface area contributed by atoms with Gasteiger partial charge in [-0.05, 0) is 11.6 Å². The number of nitrogens with zero attached hydrogens (tertiary/aromatic N) is 1. The minimum absolute atomic E-state index is 0.0376. The van der Waals surface area contributed by atoms with E-state index in [4.69, 9.17) is 11.6 Å². The van der Waals surface area contributed by atoms with E-state index in [1.165, 1.54) is 7.11 Å². The summed E-state index contributed by atoms with van der Waals surface area (Å²) in [4.78, 5) is 27.2. The summed E-state index contributed by atoms with van der Waals surface area (Å²) < 4.78 is 4.65. The molecule has 0 aliphatic rings. The molecule has 5 nitrogen and oxygen atoms in total. The van der Waals surface area contributed by atoms with Crippen molar-refractivity contribution in [3.8, 4) is 11.1 Å². The Morgan fingerprint density at radius 2 is 1.95 bits per heavy atom. The van der Waals surface area contributed by atoms with Crippen molar-refractivity contribution in [2.75, 3.05) is 18.3 Å². The first-order valence-corrected chi connectivity index (χ1v) is 6.68. The number of nitrogens with one attached hydrogen (secondary N) is 1. The van der Waals surface area contributed by atoms with E-state index in [0.29, 0.717) is 0 Å². The van der Waals surface area contributed by atoms with E-state index in [2.05, 4.69) is 15.0 Å². The number of methoxy groups -OCH3 is 1. The van der Waals surface area contributed by atoms with E-state index in [0.717, 1.165) is 11.1 Å². The van der Waals surface area contributed by atoms with Crippen LogP contribution in [0.5, 0.6) is 0 Å². The van der Waals surface area contributed by atoms with Gasteiger partial charge in [-0.15, -0.1) is 11.6 Å². The Morgan fingerprint density at radius 1 is 1.24 bits per heavy atom. The van der Waals surface area contributed by atoms with Gasteiger partial charge in [-0.25, -0.2) is 9.78 Å². The molecule has 2 rings (SSSR count). The van der Waals surface area contributed by atoms with Crippen LogP contribution in [-0.4, -0.2) is 29.9 Å². The smallest absolute Gasteiger partial charge is 0.358 e. The molecule has 1 N–H and O–H groups in total. The van der Waals surface area contributed by atoms with Gasteiger partial charge < -0.3 is 10.1 Å². The van der Waals surface area contributed by atoms with Crippen molar-refractivity contribution in [1.82, 2.24) is 4.98 Å². The lowest BCUT2D eigenvalue weighted by Crippen LogP contribution is -2.17. The highest BCUT2D eigenvalue weighted by molar-refractivity contribution is 6.29. The van der Waals surface area contributed by atoms with Gasteiger partial charge in [0.15, 0.2) is 5.69 Å². The molecular weight excluding hydrogens is 292 g/mol. The fourth-order valence-electron chi connectivity index (χ4n) is 1.79. The van der Waals surface area contributed by atoms with Gasteiger partial charge >= 0.3 is 5.97 Å². The van der Waals surface area contributed by atoms with E-state index in [1.54, 1.807) is 12.3 Å². The largest absolute Gasteiger partial charge is 0.464 e. The molecule has 0 saturated heterocycles. The third kappa shape index (κ3) is 3.58. The molecule has 1 heterocycles. The van der Waals surface area contributed by atoms with Crippen LogP contribution in [0.2, 0.25) is 0 Å². The average Bonchev–Trinajstić information content (AvgIpc) is 2.54. The maximum Gasteiger partial charge on any atom is 0.358 e. The maximum atomic E-state index is 11.7. The van der Waals surface area contributed by atoms with Crippen LogP contribution in [0.15, 0.2) is 42.6 Å². The van der Waals surface area contributed by atoms with Crippen LogP contribution in [0, 0.1) is 0 Å². The number of pyridine rings is 1. The highest BCUT2D eigenvalue weighted by Gasteiger charge is 2.16. The molecule has 1 aromatic heterocycles. The van der Waals surface area contributed by atoms with Gasteiger partial charge in [-0.3, -0.25) is 4.79 Å². The maximum absolute atomic E-state index is 11.7. The quantitative estimate of drug-likeness (QED) is 0.696. The zero-order valence-electron chi connectivity index (χ0n) is 11.3. The molecule has 21 heavy (non-hydrogen) atoms. The summed E-state index contributed by atoms with van der Waals surface area (Å²) in [6.07, 6.45) is 1.55. The molecular formula is C15H13ClN2O3. The molecule has 108 valence electrons. The Morgan fingerprint density at radius 3 is 2.57 bits per heavy atom. The number of carbonyl (C=O) groups excluding carboxylic acids is 2. The molecule has 0 radical (unpaired) electrons. The van der Waals surface area contributed by atoms with Crippen LogP contribution in [0.25, 0.3) is 11.1 Å². The summed E-state index contributed by atoms with van der Waals surface area (Å²) >= 11 is 5.48. The van der Waals surface area contributed by atoms with Gasteiger partial charge in [0.05, 0.1) is 12.8 Å². The van der Waals surface area contributed by atoms with Gasteiger partial charge in [0, 0.05) is 11.8 Å². The summed E-state index contributed by atoms with van der Waals surface area (Å²) in [7, 11) is 1.25. The molecule has 0 saturated carbocycles. The van der Waals surface area contributed by atoms with Crippen molar-refractivity contribution in [3.63, 3.8) is 0 Å². The molecule has 0 spiro atoms. The van der Waals surface area contributed by atoms with Crippen LogP contribution in [0.1, 0.15) is 10.5 Å². The lowest BCUT2D eigenvalue weighted by Gasteiger charge is -2.10. The highest BCUT2D eigenvalue weighted by Crippen LogP contribution is 2.24. The summed E-state index contributed by atoms with van der Waals surface area (Å²) in [6.45, 7) is 0. The Hall–Kier alpha value is -2.40. The SMILES string of the molecule is COC(=O)c1ncc(-c2ccccc2)cc1NC(=O)CCl. The van der Waals surface area contributed by atoms with Crippen LogP contribution < -0.4 is 5.32 Å². The van der Waals surface area contributed by atoms with Crippen LogP contribution in [0.4, 0.5) is 5.69 Å². The number of halogens is 1. The molecule has 0 aliphatic heterocycles. The Bertz CT molecular complexity index is 659. The van der Waals surface area contributed by atoms with E-state index in [9.17, 15) is 9.59 Å². The lowest BCUT2D eigenvalue weighted by molar-refractivity contribution is -0.113. The summed E-state index contributed by atoms with van der Waals surface area (Å²) in [6, 6.07) is 11.2. The lowest BCUT2D eigenvalue weighted by atomic mass is 10.1. The molecule has 1 aromatic carbocycles. The first kappa shape index (κ1) is 15.0. The van der Waals surface area contributed by atoms with Crippen molar-refractivity contribution in [1.29, 1.82) is 0 Å². The van der Waals surface area contributed by atoms with Gasteiger partial charge in [-0.1, -0.05) is 30.3 Å². The standard InChI is InChI=1S/C15H13ClN2O3/c1-21-15(20)14-12(18-13(19)8-16)7-11(9-17-14)10-5-3-2-4-6-10/h2-7,9H,8H2,1H3,(H,18,19). The second-order valence-corrected chi connectivity index (χ2v) is 4.43. The molecule has 1 amide bonds. The molecule has 0 atom stereocenters. The van der Waals surface area contributed by atoms with Crippen molar-refractivity contribution in [2.24, 2.45) is 0 Å². The number of benzene rings is 1. The zero-order valence-corrected chi connectivity index (χ0v) is 12.1. The van der Waals surface area contributed by atoms with Gasteiger partial charge in [-0.2, -0.15) is 0 Å². The fraction of sp³-hybridized carbons (Fsp3) is 0.133. The Balaban J connectivity index is 2.45. The first-order chi connectivity index (χ1) is 10.2. The number of hydrogen-bond donors (Lipinski definition) is 1. The second-order valence-electron chi connectivity index (χ2n) is 4.16. The third-order valence-electron chi connectivity index (χ3n) is 2.77. The number of anilines is 1. The average molecular weight is 305 g/mol. The summed E-state index contributed by atoms with van der Waals surface area (Å²) in [5.74, 6) is -1.26. The molecule has 0 bridgehead atoms. The topological polar surface area (TPSA) is 68.3 Å². The fourth-order valence-corrected chi connectivity index (χ4v) is 1.86. The van der Waals surface area contributed by atoms with Crippen LogP contribution in [-0.2, 0) is 9.53 Å². The normalized spacial score (nSPS) is 10.0. The van der Waals surface area contributed by atoms with Crippen molar-refractivity contribution in [2.45, 2.75) is 0 Å². The van der Waals surface area contributed by atoms with E-state index in [-0.39, 0.29) is 17.3 Å². The van der Waals surface area contributed by atoms with Crippen LogP contribution >= 0.6 is 11.6 Å². The highest BCUT2D eigenvalue weighted by atomic mass is 35.5. The van der Waals surface area contributed by atoms with Crippen molar-refractivity contribution in [3.05, 3.63) is 48.3 Å². The van der Waals surface area contributed by atoms with Crippen LogP contribution in [0.3, 0.4) is 0 Å². The number of ether oxygens (including phenoxy) is 1. The number of hydrogen-bond acceptors (Lipinski definition) is 4. The first-order valence-electron chi connectivity index (χ1n) is 6.15. The van der Waals surface area contributed by atoms with Gasteiger partial charge in [0.1, 0.15) is 5.88 Å². The molecule has 0 aliphatic carbocycles. The predicted octanol–water partition coefficient (Wildman–Crippen LogP) is 2.71. The molecule has 6 heteroatoms.